The van der Waals surface area contributed by atoms with Gasteiger partial charge >= 0.3 is 0 Å². The minimum Gasteiger partial charge on any atom is -0.459 e. The van der Waals surface area contributed by atoms with Gasteiger partial charge in [-0.2, -0.15) is 0 Å². The van der Waals surface area contributed by atoms with Gasteiger partial charge < -0.3 is 14.2 Å². The number of amides is 1. The number of carbonyl (C=O) groups excluding carboxylic acids is 1. The number of carbonyl (C=O) groups is 1. The molecule has 7 nitrogen and oxygen atoms in total. The number of fused-ring (bicyclic) bond motifs is 1. The molecule has 0 bridgehead atoms. The number of anilines is 1. The van der Waals surface area contributed by atoms with Crippen molar-refractivity contribution in [1.82, 2.24) is 19.9 Å². The van der Waals surface area contributed by atoms with Gasteiger partial charge in [0.05, 0.1) is 11.6 Å². The predicted octanol–water partition coefficient (Wildman–Crippen LogP) is 1.58. The van der Waals surface area contributed by atoms with Crippen molar-refractivity contribution >= 4 is 22.8 Å². The average Bonchev–Trinajstić information content (AvgIpc) is 3.15. The first-order valence-electron chi connectivity index (χ1n) is 7.46. The van der Waals surface area contributed by atoms with Crippen LogP contribution in [0.3, 0.4) is 0 Å². The molecule has 0 aliphatic carbocycles. The van der Waals surface area contributed by atoms with Crippen molar-refractivity contribution in [2.45, 2.75) is 0 Å². The van der Waals surface area contributed by atoms with Gasteiger partial charge in [-0.25, -0.2) is 15.0 Å². The fourth-order valence-corrected chi connectivity index (χ4v) is 2.81. The van der Waals surface area contributed by atoms with Crippen LogP contribution in [-0.4, -0.2) is 51.9 Å². The largest absolute Gasteiger partial charge is 0.459 e. The normalized spacial score (nSPS) is 15.1. The third kappa shape index (κ3) is 2.50. The molecule has 3 aromatic heterocycles. The van der Waals surface area contributed by atoms with Crippen LogP contribution in [0, 0.1) is 0 Å². The van der Waals surface area contributed by atoms with E-state index in [1.54, 1.807) is 23.2 Å². The van der Waals surface area contributed by atoms with Crippen LogP contribution in [0.1, 0.15) is 10.6 Å². The van der Waals surface area contributed by atoms with Gasteiger partial charge in [-0.15, -0.1) is 0 Å². The van der Waals surface area contributed by atoms with Gasteiger partial charge in [0.1, 0.15) is 12.1 Å². The smallest absolute Gasteiger partial charge is 0.289 e. The van der Waals surface area contributed by atoms with Crippen LogP contribution in [0.2, 0.25) is 0 Å². The van der Waals surface area contributed by atoms with Crippen molar-refractivity contribution in [3.05, 3.63) is 48.8 Å². The van der Waals surface area contributed by atoms with Crippen molar-refractivity contribution in [2.75, 3.05) is 31.1 Å². The molecule has 7 heteroatoms. The summed E-state index contributed by atoms with van der Waals surface area (Å²) in [6, 6.07) is 7.27. The van der Waals surface area contributed by atoms with E-state index >= 15 is 0 Å². The number of pyridine rings is 1. The maximum absolute atomic E-state index is 12.3. The molecule has 0 radical (unpaired) electrons. The third-order valence-corrected chi connectivity index (χ3v) is 3.99. The van der Waals surface area contributed by atoms with Crippen molar-refractivity contribution < 1.29 is 9.21 Å². The van der Waals surface area contributed by atoms with E-state index in [-0.39, 0.29) is 5.91 Å². The highest BCUT2D eigenvalue weighted by molar-refractivity contribution is 5.92. The zero-order valence-electron chi connectivity index (χ0n) is 12.4. The molecule has 3 aromatic rings. The van der Waals surface area contributed by atoms with Gasteiger partial charge in [0, 0.05) is 32.4 Å². The number of hydrogen-bond donors (Lipinski definition) is 0. The van der Waals surface area contributed by atoms with Crippen LogP contribution in [-0.2, 0) is 0 Å². The van der Waals surface area contributed by atoms with Crippen LogP contribution >= 0.6 is 0 Å². The quantitative estimate of drug-likeness (QED) is 0.715. The fourth-order valence-electron chi connectivity index (χ4n) is 2.81. The Morgan fingerprint density at radius 3 is 2.70 bits per heavy atom. The molecule has 1 fully saturated rings. The highest BCUT2D eigenvalue weighted by Crippen LogP contribution is 2.22. The minimum absolute atomic E-state index is 0.0659. The maximum atomic E-state index is 12.3. The molecule has 0 atom stereocenters. The second-order valence-corrected chi connectivity index (χ2v) is 5.33. The lowest BCUT2D eigenvalue weighted by Gasteiger charge is -2.35. The maximum Gasteiger partial charge on any atom is 0.289 e. The second-order valence-electron chi connectivity index (χ2n) is 5.33. The van der Waals surface area contributed by atoms with Crippen LogP contribution in [0.4, 0.5) is 5.82 Å². The van der Waals surface area contributed by atoms with Crippen molar-refractivity contribution in [1.29, 1.82) is 0 Å². The zero-order valence-corrected chi connectivity index (χ0v) is 12.4. The molecule has 4 rings (SSSR count). The van der Waals surface area contributed by atoms with Crippen LogP contribution in [0.5, 0.6) is 0 Å². The monoisotopic (exact) mass is 309 g/mol. The van der Waals surface area contributed by atoms with Crippen LogP contribution in [0.25, 0.3) is 11.0 Å². The summed E-state index contributed by atoms with van der Waals surface area (Å²) in [5, 5.41) is 0.931. The highest BCUT2D eigenvalue weighted by Gasteiger charge is 2.25. The topological polar surface area (TPSA) is 75.4 Å². The number of nitrogens with zero attached hydrogens (tertiary/aromatic N) is 5. The van der Waals surface area contributed by atoms with E-state index in [9.17, 15) is 4.79 Å². The van der Waals surface area contributed by atoms with Gasteiger partial charge in [0.15, 0.2) is 11.4 Å². The molecule has 0 N–H and O–H groups in total. The highest BCUT2D eigenvalue weighted by atomic mass is 16.3. The summed E-state index contributed by atoms with van der Waals surface area (Å²) in [6.07, 6.45) is 4.77. The number of aromatic nitrogens is 3. The average molecular weight is 309 g/mol. The van der Waals surface area contributed by atoms with Gasteiger partial charge in [0.2, 0.25) is 0 Å². The molecule has 1 amide bonds. The summed E-state index contributed by atoms with van der Waals surface area (Å²) in [5.74, 6) is 1.19. The van der Waals surface area contributed by atoms with Crippen LogP contribution < -0.4 is 4.90 Å². The summed E-state index contributed by atoms with van der Waals surface area (Å²) in [4.78, 5) is 29.1. The molecule has 1 aliphatic rings. The standard InChI is InChI=1S/C16H15N5O2/c22-16(13-4-2-10-23-13)21-8-6-20(7-9-21)15-12-3-1-5-17-14(12)18-11-19-15/h1-5,10-11H,6-9H2. The zero-order chi connectivity index (χ0) is 15.6. The molecule has 0 saturated carbocycles. The molecule has 1 aliphatic heterocycles. The molecular formula is C16H15N5O2. The lowest BCUT2D eigenvalue weighted by molar-refractivity contribution is 0.0714. The van der Waals surface area contributed by atoms with Crippen LogP contribution in [0.15, 0.2) is 47.5 Å². The van der Waals surface area contributed by atoms with Crippen molar-refractivity contribution in [2.24, 2.45) is 0 Å². The Balaban J connectivity index is 1.52. The molecule has 0 spiro atoms. The first-order chi connectivity index (χ1) is 11.3. The number of piperazine rings is 1. The Kier molecular flexibility index (Phi) is 3.38. The van der Waals surface area contributed by atoms with E-state index in [4.69, 9.17) is 4.42 Å². The van der Waals surface area contributed by atoms with E-state index in [1.807, 2.05) is 12.1 Å². The third-order valence-electron chi connectivity index (χ3n) is 3.99. The van der Waals surface area contributed by atoms with Gasteiger partial charge in [-0.1, -0.05) is 0 Å². The number of rotatable bonds is 2. The molecule has 116 valence electrons. The van der Waals surface area contributed by atoms with Gasteiger partial charge in [0.25, 0.3) is 5.91 Å². The Hall–Kier alpha value is -2.96. The van der Waals surface area contributed by atoms with Gasteiger partial charge in [-0.3, -0.25) is 4.79 Å². The number of hydrogen-bond acceptors (Lipinski definition) is 6. The second kappa shape index (κ2) is 5.68. The number of furan rings is 1. The minimum atomic E-state index is -0.0659. The van der Waals surface area contributed by atoms with Crippen molar-refractivity contribution in [3.8, 4) is 0 Å². The summed E-state index contributed by atoms with van der Waals surface area (Å²) in [5.41, 5.74) is 0.687. The summed E-state index contributed by atoms with van der Waals surface area (Å²) >= 11 is 0. The first-order valence-corrected chi connectivity index (χ1v) is 7.46. The summed E-state index contributed by atoms with van der Waals surface area (Å²) in [7, 11) is 0. The Bertz CT molecular complexity index is 820. The lowest BCUT2D eigenvalue weighted by Crippen LogP contribution is -2.49. The molecule has 23 heavy (non-hydrogen) atoms. The fraction of sp³-hybridized carbons (Fsp3) is 0.250. The van der Waals surface area contributed by atoms with E-state index in [0.29, 0.717) is 37.6 Å². The Morgan fingerprint density at radius 2 is 1.91 bits per heavy atom. The van der Waals surface area contributed by atoms with E-state index < -0.39 is 0 Å². The SMILES string of the molecule is O=C(c1ccco1)N1CCN(c2ncnc3ncccc23)CC1. The Morgan fingerprint density at radius 1 is 1.04 bits per heavy atom. The van der Waals surface area contributed by atoms with Gasteiger partial charge in [-0.05, 0) is 24.3 Å². The first kappa shape index (κ1) is 13.7. The lowest BCUT2D eigenvalue weighted by atomic mass is 10.2. The summed E-state index contributed by atoms with van der Waals surface area (Å²) in [6.45, 7) is 2.69. The van der Waals surface area contributed by atoms with E-state index in [1.165, 1.54) is 12.6 Å². The molecule has 0 unspecified atom stereocenters. The van der Waals surface area contributed by atoms with E-state index in [2.05, 4.69) is 19.9 Å². The molecule has 1 saturated heterocycles. The predicted molar refractivity (Wildman–Crippen MR) is 84.2 cm³/mol. The van der Waals surface area contributed by atoms with E-state index in [0.717, 1.165) is 11.2 Å². The van der Waals surface area contributed by atoms with Crippen molar-refractivity contribution in [3.63, 3.8) is 0 Å². The Labute approximate surface area is 132 Å². The molecule has 0 aromatic carbocycles. The summed E-state index contributed by atoms with van der Waals surface area (Å²) < 4.78 is 5.18. The molecular weight excluding hydrogens is 294 g/mol. The molecule has 4 heterocycles.